The van der Waals surface area contributed by atoms with Crippen LogP contribution < -0.4 is 11.1 Å². The molecule has 47 heavy (non-hydrogen) atoms. The van der Waals surface area contributed by atoms with Gasteiger partial charge in [-0.1, -0.05) is 121 Å². The van der Waals surface area contributed by atoms with Crippen LogP contribution >= 0.6 is 0 Å². The third-order valence-electron chi connectivity index (χ3n) is 8.91. The number of amides is 1. The molecule has 0 aliphatic rings. The van der Waals surface area contributed by atoms with Crippen LogP contribution in [0.3, 0.4) is 0 Å². The molecule has 3 atom stereocenters. The van der Waals surface area contributed by atoms with E-state index in [1.165, 1.54) is 0 Å². The van der Waals surface area contributed by atoms with Crippen LogP contribution in [0, 0.1) is 0 Å². The number of ether oxygens (including phenoxy) is 1. The maximum Gasteiger partial charge on any atom is 0.220 e. The first-order chi connectivity index (χ1) is 21.2. The number of carbonyl (C=O) groups excluding carboxylic acids is 2. The largest absolute Gasteiger partial charge is 0.507 e. The van der Waals surface area contributed by atoms with Crippen molar-refractivity contribution in [3.8, 4) is 11.5 Å². The van der Waals surface area contributed by atoms with E-state index in [-0.39, 0.29) is 64.8 Å². The van der Waals surface area contributed by atoms with Crippen LogP contribution in [0.1, 0.15) is 155 Å². The van der Waals surface area contributed by atoms with Gasteiger partial charge in [-0.3, -0.25) is 9.59 Å². The van der Waals surface area contributed by atoms with Gasteiger partial charge in [-0.15, -0.1) is 0 Å². The van der Waals surface area contributed by atoms with Crippen LogP contribution in [0.2, 0.25) is 0 Å². The Morgan fingerprint density at radius 2 is 1.02 bits per heavy atom. The fraction of sp³-hybridized carbons (Fsp3) is 0.650. The Morgan fingerprint density at radius 3 is 1.36 bits per heavy atom. The Kier molecular flexibility index (Phi) is 12.9. The summed E-state index contributed by atoms with van der Waals surface area (Å²) in [5.74, 6) is 0.360. The highest BCUT2D eigenvalue weighted by Gasteiger charge is 2.30. The van der Waals surface area contributed by atoms with Crippen LogP contribution in [0.5, 0.6) is 11.5 Å². The summed E-state index contributed by atoms with van der Waals surface area (Å²) in [7, 11) is 0. The highest BCUT2D eigenvalue weighted by atomic mass is 16.5. The van der Waals surface area contributed by atoms with E-state index in [2.05, 4.69) is 88.4 Å². The maximum atomic E-state index is 13.0. The normalized spacial score (nSPS) is 14.9. The molecule has 0 heterocycles. The molecule has 3 unspecified atom stereocenters. The number of carbonyl (C=O) groups is 2. The standard InChI is InChI=1S/C40H64N2O5/c1-24(26-19-28(37(3,4)5)35(45)29(20-26)38(6,7)8)17-33(43)32(41)23-47-16-15-42-34(44)18-25(2)27-21-30(39(9,10)11)36(46)31(22-27)40(12,13)14/h19-22,24-25,32,45-46H,15-18,23,41H2,1-14H3,(H,42,44). The van der Waals surface area contributed by atoms with E-state index in [0.717, 1.165) is 33.4 Å². The van der Waals surface area contributed by atoms with Crippen molar-refractivity contribution in [3.63, 3.8) is 0 Å². The zero-order valence-corrected chi connectivity index (χ0v) is 31.8. The number of Topliss-reactive ketones (excluding diaryl/α,β-unsaturated/α-hetero) is 1. The van der Waals surface area contributed by atoms with E-state index in [9.17, 15) is 19.8 Å². The summed E-state index contributed by atoms with van der Waals surface area (Å²) in [5, 5.41) is 25.0. The molecule has 0 aliphatic carbocycles. The van der Waals surface area contributed by atoms with E-state index < -0.39 is 6.04 Å². The Morgan fingerprint density at radius 1 is 0.681 bits per heavy atom. The van der Waals surface area contributed by atoms with E-state index >= 15 is 0 Å². The van der Waals surface area contributed by atoms with Crippen LogP contribution in [0.15, 0.2) is 24.3 Å². The van der Waals surface area contributed by atoms with Gasteiger partial charge in [0.25, 0.3) is 0 Å². The summed E-state index contributed by atoms with van der Waals surface area (Å²) in [5.41, 5.74) is 10.8. The molecule has 0 bridgehead atoms. The third kappa shape index (κ3) is 11.1. The molecule has 0 aromatic heterocycles. The van der Waals surface area contributed by atoms with Gasteiger partial charge in [0, 0.05) is 19.4 Å². The lowest BCUT2D eigenvalue weighted by molar-refractivity contribution is -0.123. The second-order valence-electron chi connectivity index (χ2n) is 17.6. The van der Waals surface area contributed by atoms with Gasteiger partial charge in [0.1, 0.15) is 11.5 Å². The van der Waals surface area contributed by atoms with Crippen molar-refractivity contribution in [1.29, 1.82) is 0 Å². The molecule has 0 fully saturated rings. The average Bonchev–Trinajstić information content (AvgIpc) is 2.90. The topological polar surface area (TPSA) is 122 Å². The van der Waals surface area contributed by atoms with Gasteiger partial charge >= 0.3 is 0 Å². The van der Waals surface area contributed by atoms with Crippen molar-refractivity contribution >= 4 is 11.7 Å². The molecule has 7 heteroatoms. The minimum atomic E-state index is -0.766. The average molecular weight is 653 g/mol. The van der Waals surface area contributed by atoms with Crippen LogP contribution in [-0.2, 0) is 36.0 Å². The molecule has 0 saturated carbocycles. The van der Waals surface area contributed by atoms with Crippen molar-refractivity contribution in [1.82, 2.24) is 5.32 Å². The monoisotopic (exact) mass is 652 g/mol. The van der Waals surface area contributed by atoms with Crippen LogP contribution in [0.4, 0.5) is 0 Å². The Bertz CT molecular complexity index is 1330. The summed E-state index contributed by atoms with van der Waals surface area (Å²) in [6.45, 7) is 29.6. The quantitative estimate of drug-likeness (QED) is 0.172. The van der Waals surface area contributed by atoms with E-state index in [4.69, 9.17) is 10.5 Å². The molecule has 2 rings (SSSR count). The summed E-state index contributed by atoms with van der Waals surface area (Å²) in [4.78, 5) is 25.8. The van der Waals surface area contributed by atoms with Gasteiger partial charge < -0.3 is 26.0 Å². The number of phenols is 2. The van der Waals surface area contributed by atoms with Crippen molar-refractivity contribution < 1.29 is 24.5 Å². The molecule has 2 aromatic rings. The van der Waals surface area contributed by atoms with Crippen LogP contribution in [-0.4, -0.2) is 47.7 Å². The number of nitrogens with two attached hydrogens (primary N) is 1. The minimum Gasteiger partial charge on any atom is -0.507 e. The maximum absolute atomic E-state index is 13.0. The highest BCUT2D eigenvalue weighted by molar-refractivity contribution is 5.84. The second-order valence-corrected chi connectivity index (χ2v) is 17.6. The lowest BCUT2D eigenvalue weighted by atomic mass is 9.76. The number of rotatable bonds is 12. The van der Waals surface area contributed by atoms with Crippen LogP contribution in [0.25, 0.3) is 0 Å². The minimum absolute atomic E-state index is 0.0423. The van der Waals surface area contributed by atoms with Gasteiger partial charge in [0.05, 0.1) is 19.3 Å². The zero-order valence-electron chi connectivity index (χ0n) is 31.8. The van der Waals surface area contributed by atoms with Crippen molar-refractivity contribution in [2.75, 3.05) is 19.8 Å². The Labute approximate surface area is 285 Å². The van der Waals surface area contributed by atoms with Crippen molar-refractivity contribution in [2.45, 2.75) is 149 Å². The SMILES string of the molecule is CC(CC(=O)NCCOCC(N)C(=O)CC(C)c1cc(C(C)(C)C)c(O)c(C(C)(C)C)c1)c1cc(C(C)(C)C)c(O)c(C(C)(C)C)c1. The first-order valence-electron chi connectivity index (χ1n) is 17.1. The fourth-order valence-electron chi connectivity index (χ4n) is 5.77. The fourth-order valence-corrected chi connectivity index (χ4v) is 5.77. The van der Waals surface area contributed by atoms with E-state index in [0.29, 0.717) is 24.5 Å². The summed E-state index contributed by atoms with van der Waals surface area (Å²) >= 11 is 0. The highest BCUT2D eigenvalue weighted by Crippen LogP contribution is 2.43. The molecule has 264 valence electrons. The number of ketones is 1. The number of aromatic hydroxyl groups is 2. The molecule has 0 aliphatic heterocycles. The molecule has 1 amide bonds. The molecule has 2 aromatic carbocycles. The summed E-state index contributed by atoms with van der Waals surface area (Å²) in [6, 6.07) is 7.32. The molecular formula is C40H64N2O5. The predicted octanol–water partition coefficient (Wildman–Crippen LogP) is 8.00. The lowest BCUT2D eigenvalue weighted by Gasteiger charge is -2.29. The first kappa shape index (κ1) is 40.3. The predicted molar refractivity (Wildman–Crippen MR) is 194 cm³/mol. The zero-order chi connectivity index (χ0) is 36.3. The molecular weight excluding hydrogens is 588 g/mol. The van der Waals surface area contributed by atoms with Crippen molar-refractivity contribution in [2.24, 2.45) is 5.73 Å². The molecule has 0 saturated heterocycles. The molecule has 7 nitrogen and oxygen atoms in total. The smallest absolute Gasteiger partial charge is 0.220 e. The van der Waals surface area contributed by atoms with Gasteiger partial charge in [-0.2, -0.15) is 0 Å². The van der Waals surface area contributed by atoms with Crippen molar-refractivity contribution in [3.05, 3.63) is 57.6 Å². The first-order valence-corrected chi connectivity index (χ1v) is 17.1. The van der Waals surface area contributed by atoms with E-state index in [1.54, 1.807) is 0 Å². The molecule has 5 N–H and O–H groups in total. The number of hydrogen-bond acceptors (Lipinski definition) is 6. The Balaban J connectivity index is 1.93. The third-order valence-corrected chi connectivity index (χ3v) is 8.91. The molecule has 0 spiro atoms. The van der Waals surface area contributed by atoms with E-state index in [1.807, 2.05) is 38.1 Å². The molecule has 0 radical (unpaired) electrons. The van der Waals surface area contributed by atoms with Gasteiger partial charge in [0.15, 0.2) is 5.78 Å². The summed E-state index contributed by atoms with van der Waals surface area (Å²) in [6.07, 6.45) is 0.571. The number of hydrogen-bond donors (Lipinski definition) is 4. The van der Waals surface area contributed by atoms with Gasteiger partial charge in [-0.05, 0) is 66.9 Å². The number of benzene rings is 2. The summed E-state index contributed by atoms with van der Waals surface area (Å²) < 4.78 is 5.69. The second kappa shape index (κ2) is 15.1. The lowest BCUT2D eigenvalue weighted by Crippen LogP contribution is -2.37. The Hall–Kier alpha value is -2.90. The number of phenolic OH excluding ortho intramolecular Hbond substituents is 2. The number of nitrogens with one attached hydrogen (secondary N) is 1. The van der Waals surface area contributed by atoms with Gasteiger partial charge in [0.2, 0.25) is 5.91 Å². The van der Waals surface area contributed by atoms with Gasteiger partial charge in [-0.25, -0.2) is 0 Å².